The number of thioether (sulfide) groups is 1. The van der Waals surface area contributed by atoms with Crippen molar-refractivity contribution in [2.24, 2.45) is 5.73 Å². The van der Waals surface area contributed by atoms with Crippen molar-refractivity contribution in [3.8, 4) is 0 Å². The van der Waals surface area contributed by atoms with E-state index < -0.39 is 17.6 Å². The van der Waals surface area contributed by atoms with Crippen molar-refractivity contribution in [1.29, 1.82) is 5.41 Å². The van der Waals surface area contributed by atoms with Crippen LogP contribution in [0.1, 0.15) is 20.8 Å². The largest absolute Gasteiger partial charge is 0.479 e. The summed E-state index contributed by atoms with van der Waals surface area (Å²) >= 11 is 0.933. The molecule has 0 aromatic heterocycles. The molecule has 0 spiro atoms. The van der Waals surface area contributed by atoms with Crippen molar-refractivity contribution >= 4 is 28.7 Å². The van der Waals surface area contributed by atoms with Crippen LogP contribution in [0.4, 0.5) is 0 Å². The molecule has 0 aromatic rings. The molecule has 0 aromatic carbocycles. The molecular formula is C10H17N3O4S. The van der Waals surface area contributed by atoms with Crippen LogP contribution in [0.3, 0.4) is 0 Å². The predicted octanol–water partition coefficient (Wildman–Crippen LogP) is 0.469. The molecule has 0 saturated carbocycles. The molecule has 0 rings (SSSR count). The first-order valence-corrected chi connectivity index (χ1v) is 5.89. The van der Waals surface area contributed by atoms with Crippen LogP contribution in [0, 0.1) is 5.41 Å². The third-order valence-electron chi connectivity index (χ3n) is 1.86. The summed E-state index contributed by atoms with van der Waals surface area (Å²) in [5.41, 5.74) is 6.04. The van der Waals surface area contributed by atoms with Gasteiger partial charge in [0.05, 0.1) is 0 Å². The van der Waals surface area contributed by atoms with Gasteiger partial charge in [-0.15, -0.1) is 0 Å². The molecule has 0 aliphatic carbocycles. The number of hydrogen-bond donors (Lipinski definition) is 4. The highest BCUT2D eigenvalue weighted by Gasteiger charge is 2.29. The lowest BCUT2D eigenvalue weighted by atomic mass is 10.1. The van der Waals surface area contributed by atoms with E-state index in [1.165, 1.54) is 32.3 Å². The molecule has 0 fully saturated rings. The molecule has 1 unspecified atom stereocenters. The summed E-state index contributed by atoms with van der Waals surface area (Å²) in [6, 6.07) is -0.796. The second-order valence-corrected chi connectivity index (χ2v) is 4.88. The molecular weight excluding hydrogens is 258 g/mol. The molecule has 0 heterocycles. The number of hydrogen-bond acceptors (Lipinski definition) is 6. The number of amidine groups is 1. The van der Waals surface area contributed by atoms with Crippen molar-refractivity contribution in [1.82, 2.24) is 5.48 Å². The summed E-state index contributed by atoms with van der Waals surface area (Å²) in [4.78, 5) is 27.0. The maximum absolute atomic E-state index is 11.3. The summed E-state index contributed by atoms with van der Waals surface area (Å²) in [7, 11) is 0. The van der Waals surface area contributed by atoms with E-state index in [1.807, 2.05) is 0 Å². The minimum Gasteiger partial charge on any atom is -0.479 e. The fourth-order valence-corrected chi connectivity index (χ4v) is 1.09. The van der Waals surface area contributed by atoms with E-state index in [2.05, 4.69) is 5.48 Å². The van der Waals surface area contributed by atoms with Gasteiger partial charge in [-0.05, 0) is 26.2 Å². The zero-order chi connectivity index (χ0) is 14.3. The quantitative estimate of drug-likeness (QED) is 0.302. The van der Waals surface area contributed by atoms with Gasteiger partial charge in [0.15, 0.2) is 16.6 Å². The summed E-state index contributed by atoms with van der Waals surface area (Å²) in [5.74, 6) is -1.41. The summed E-state index contributed by atoms with van der Waals surface area (Å²) in [6.07, 6.45) is 1.44. The molecule has 18 heavy (non-hydrogen) atoms. The van der Waals surface area contributed by atoms with Crippen molar-refractivity contribution in [2.45, 2.75) is 32.4 Å². The smallest absolute Gasteiger partial charge is 0.337 e. The van der Waals surface area contributed by atoms with E-state index in [4.69, 9.17) is 21.1 Å². The molecule has 102 valence electrons. The Labute approximate surface area is 109 Å². The maximum Gasteiger partial charge on any atom is 0.337 e. The molecule has 0 saturated heterocycles. The first-order valence-electron chi connectivity index (χ1n) is 5.01. The van der Waals surface area contributed by atoms with Gasteiger partial charge in [0.2, 0.25) is 0 Å². The van der Waals surface area contributed by atoms with E-state index in [9.17, 15) is 9.59 Å². The highest BCUT2D eigenvalue weighted by Crippen LogP contribution is 2.08. The van der Waals surface area contributed by atoms with Gasteiger partial charge in [-0.1, -0.05) is 17.8 Å². The van der Waals surface area contributed by atoms with E-state index in [0.29, 0.717) is 0 Å². The maximum atomic E-state index is 11.3. The van der Waals surface area contributed by atoms with Crippen LogP contribution in [0.5, 0.6) is 0 Å². The first kappa shape index (κ1) is 16.6. The van der Waals surface area contributed by atoms with Crippen LogP contribution in [0.25, 0.3) is 0 Å². The number of carboxylic acid groups (broad SMARTS) is 1. The van der Waals surface area contributed by atoms with E-state index in [0.717, 1.165) is 11.8 Å². The summed E-state index contributed by atoms with van der Waals surface area (Å²) in [5, 5.41) is 17.1. The monoisotopic (exact) mass is 275 g/mol. The highest BCUT2D eigenvalue weighted by atomic mass is 32.2. The van der Waals surface area contributed by atoms with Crippen molar-refractivity contribution in [3.05, 3.63) is 11.5 Å². The van der Waals surface area contributed by atoms with Crippen LogP contribution in [-0.2, 0) is 14.4 Å². The Balaban J connectivity index is 4.47. The molecule has 0 radical (unpaired) electrons. The molecule has 8 heteroatoms. The topological polar surface area (TPSA) is 126 Å². The number of nitrogens with two attached hydrogens (primary N) is 1. The van der Waals surface area contributed by atoms with Gasteiger partial charge in [-0.25, -0.2) is 4.79 Å². The van der Waals surface area contributed by atoms with Gasteiger partial charge in [-0.2, -0.15) is 5.48 Å². The number of Topliss-reactive ketones (excluding diaryl/α,β-unsaturated/α-hetero) is 1. The molecule has 5 N–H and O–H groups in total. The Hall–Kier alpha value is -1.38. The lowest BCUT2D eigenvalue weighted by molar-refractivity contribution is -0.173. The minimum absolute atomic E-state index is 0.111. The zero-order valence-corrected chi connectivity index (χ0v) is 11.2. The van der Waals surface area contributed by atoms with Crippen LogP contribution in [-0.4, -0.2) is 33.7 Å². The van der Waals surface area contributed by atoms with Gasteiger partial charge in [0.25, 0.3) is 0 Å². The molecule has 0 aliphatic rings. The Morgan fingerprint density at radius 3 is 2.50 bits per heavy atom. The number of carbonyl (C=O) groups excluding carboxylic acids is 1. The molecule has 7 nitrogen and oxygen atoms in total. The molecule has 1 atom stereocenters. The van der Waals surface area contributed by atoms with Crippen molar-refractivity contribution < 1.29 is 19.5 Å². The average Bonchev–Trinajstić information content (AvgIpc) is 2.21. The average molecular weight is 275 g/mol. The highest BCUT2D eigenvalue weighted by molar-refractivity contribution is 8.16. The fourth-order valence-electron chi connectivity index (χ4n) is 0.703. The van der Waals surface area contributed by atoms with E-state index in [1.54, 1.807) is 0 Å². The number of ketones is 1. The van der Waals surface area contributed by atoms with Crippen LogP contribution in [0.2, 0.25) is 0 Å². The van der Waals surface area contributed by atoms with Gasteiger partial charge >= 0.3 is 5.97 Å². The second-order valence-electron chi connectivity index (χ2n) is 3.93. The minimum atomic E-state index is -1.45. The van der Waals surface area contributed by atoms with E-state index >= 15 is 0 Å². The lowest BCUT2D eigenvalue weighted by Gasteiger charge is -2.22. The Morgan fingerprint density at radius 1 is 1.56 bits per heavy atom. The third kappa shape index (κ3) is 6.38. The Kier molecular flexibility index (Phi) is 6.60. The fraction of sp³-hybridized carbons (Fsp3) is 0.500. The number of nitrogens with one attached hydrogen (secondary N) is 2. The third-order valence-corrected chi connectivity index (χ3v) is 2.41. The van der Waals surface area contributed by atoms with Gasteiger partial charge in [-0.3, -0.25) is 15.0 Å². The SMILES string of the molecule is CC(=O)C(/C=C/SC(=N)N)NOC(C)(C)C(=O)O. The number of hydroxylamine groups is 1. The normalized spacial score (nSPS) is 13.5. The number of carboxylic acids is 1. The van der Waals surface area contributed by atoms with E-state index in [-0.39, 0.29) is 11.0 Å². The molecule has 0 aliphatic heterocycles. The number of carbonyl (C=O) groups is 2. The Morgan fingerprint density at radius 2 is 2.11 bits per heavy atom. The second kappa shape index (κ2) is 7.14. The predicted molar refractivity (Wildman–Crippen MR) is 69.0 cm³/mol. The van der Waals surface area contributed by atoms with Crippen LogP contribution < -0.4 is 11.2 Å². The van der Waals surface area contributed by atoms with Gasteiger partial charge < -0.3 is 10.8 Å². The Bertz CT molecular complexity index is 368. The van der Waals surface area contributed by atoms with Gasteiger partial charge in [0, 0.05) is 0 Å². The van der Waals surface area contributed by atoms with Gasteiger partial charge in [0.1, 0.15) is 6.04 Å². The number of aliphatic carboxylic acids is 1. The standard InChI is InChI=1S/C10H17N3O4S/c1-6(14)7(4-5-18-9(11)12)13-17-10(2,3)8(15)16/h4-5,7,13H,1-3H3,(H3,11,12)(H,15,16)/b5-4+. The lowest BCUT2D eigenvalue weighted by Crippen LogP contribution is -2.45. The van der Waals surface area contributed by atoms with Crippen LogP contribution >= 0.6 is 11.8 Å². The number of rotatable bonds is 7. The molecule has 0 bridgehead atoms. The molecule has 0 amide bonds. The van der Waals surface area contributed by atoms with Crippen LogP contribution in [0.15, 0.2) is 11.5 Å². The zero-order valence-electron chi connectivity index (χ0n) is 10.4. The first-order chi connectivity index (χ1) is 8.16. The summed E-state index contributed by atoms with van der Waals surface area (Å²) < 4.78 is 0. The summed E-state index contributed by atoms with van der Waals surface area (Å²) in [6.45, 7) is 4.04. The van der Waals surface area contributed by atoms with Crippen molar-refractivity contribution in [3.63, 3.8) is 0 Å². The van der Waals surface area contributed by atoms with Crippen molar-refractivity contribution in [2.75, 3.05) is 0 Å².